The van der Waals surface area contributed by atoms with Crippen LogP contribution in [0.25, 0.3) is 12.2 Å². The van der Waals surface area contributed by atoms with Gasteiger partial charge in [0, 0.05) is 16.7 Å². The van der Waals surface area contributed by atoms with Gasteiger partial charge in [-0.05, 0) is 54.7 Å². The van der Waals surface area contributed by atoms with E-state index in [-0.39, 0.29) is 5.78 Å². The number of para-hydroxylation sites is 1. The van der Waals surface area contributed by atoms with Crippen molar-refractivity contribution in [3.8, 4) is 11.5 Å². The summed E-state index contributed by atoms with van der Waals surface area (Å²) in [6.45, 7) is 2.18. The Morgan fingerprint density at radius 1 is 0.923 bits per heavy atom. The van der Waals surface area contributed by atoms with Gasteiger partial charge >= 0.3 is 0 Å². The molecule has 1 aliphatic rings. The maximum absolute atomic E-state index is 13.0. The minimum Gasteiger partial charge on any atom is -0.497 e. The Morgan fingerprint density at radius 2 is 1.65 bits per heavy atom. The summed E-state index contributed by atoms with van der Waals surface area (Å²) >= 11 is 0. The second-order valence-corrected chi connectivity index (χ2v) is 6.70. The van der Waals surface area contributed by atoms with Gasteiger partial charge in [-0.3, -0.25) is 4.79 Å². The Kier molecular flexibility index (Phi) is 5.57. The van der Waals surface area contributed by atoms with Crippen LogP contribution in [0.1, 0.15) is 30.9 Å². The van der Waals surface area contributed by atoms with Crippen molar-refractivity contribution >= 4 is 17.9 Å². The van der Waals surface area contributed by atoms with Gasteiger partial charge in [0.1, 0.15) is 11.5 Å². The SMILES string of the molecule is COc1cccc(/C=C2\CC(C)C/C(=C/c3ccccc3OC)C2=O)c1. The molecular formula is C23H24O3. The van der Waals surface area contributed by atoms with Crippen LogP contribution in [0, 0.1) is 5.92 Å². The second kappa shape index (κ2) is 8.05. The summed E-state index contributed by atoms with van der Waals surface area (Å²) in [5.41, 5.74) is 3.60. The topological polar surface area (TPSA) is 35.5 Å². The fourth-order valence-corrected chi connectivity index (χ4v) is 3.37. The Balaban J connectivity index is 1.95. The lowest BCUT2D eigenvalue weighted by atomic mass is 9.80. The van der Waals surface area contributed by atoms with Crippen molar-refractivity contribution in [1.82, 2.24) is 0 Å². The summed E-state index contributed by atoms with van der Waals surface area (Å²) in [6.07, 6.45) is 5.53. The van der Waals surface area contributed by atoms with Gasteiger partial charge in [-0.15, -0.1) is 0 Å². The van der Waals surface area contributed by atoms with Crippen LogP contribution in [0.2, 0.25) is 0 Å². The third-order valence-electron chi connectivity index (χ3n) is 4.62. The van der Waals surface area contributed by atoms with Crippen molar-refractivity contribution in [3.05, 3.63) is 70.8 Å². The second-order valence-electron chi connectivity index (χ2n) is 6.70. The van der Waals surface area contributed by atoms with E-state index < -0.39 is 0 Å². The Hall–Kier alpha value is -2.81. The molecular weight excluding hydrogens is 324 g/mol. The summed E-state index contributed by atoms with van der Waals surface area (Å²) in [5, 5.41) is 0. The maximum atomic E-state index is 13.0. The molecule has 1 unspecified atom stereocenters. The number of Topliss-reactive ketones (excluding diaryl/α,β-unsaturated/α-hetero) is 1. The molecule has 3 heteroatoms. The first-order valence-electron chi connectivity index (χ1n) is 8.83. The quantitative estimate of drug-likeness (QED) is 0.715. The molecule has 2 aromatic rings. The van der Waals surface area contributed by atoms with Gasteiger partial charge in [0.25, 0.3) is 0 Å². The lowest BCUT2D eigenvalue weighted by Gasteiger charge is -2.23. The van der Waals surface area contributed by atoms with Crippen molar-refractivity contribution in [1.29, 1.82) is 0 Å². The minimum absolute atomic E-state index is 0.122. The van der Waals surface area contributed by atoms with E-state index in [1.165, 1.54) is 0 Å². The number of methoxy groups -OCH3 is 2. The summed E-state index contributed by atoms with van der Waals surface area (Å²) in [7, 11) is 3.30. The van der Waals surface area contributed by atoms with Crippen LogP contribution in [0.15, 0.2) is 59.7 Å². The van der Waals surface area contributed by atoms with E-state index in [0.29, 0.717) is 5.92 Å². The van der Waals surface area contributed by atoms with E-state index >= 15 is 0 Å². The highest BCUT2D eigenvalue weighted by Crippen LogP contribution is 2.33. The molecule has 1 atom stereocenters. The third kappa shape index (κ3) is 4.05. The molecule has 0 amide bonds. The molecule has 0 bridgehead atoms. The first-order chi connectivity index (χ1) is 12.6. The molecule has 3 rings (SSSR count). The van der Waals surface area contributed by atoms with Crippen LogP contribution in [-0.2, 0) is 4.79 Å². The molecule has 26 heavy (non-hydrogen) atoms. The molecule has 1 aliphatic carbocycles. The van der Waals surface area contributed by atoms with Crippen molar-refractivity contribution in [3.63, 3.8) is 0 Å². The molecule has 2 aromatic carbocycles. The van der Waals surface area contributed by atoms with E-state index in [2.05, 4.69) is 6.92 Å². The Morgan fingerprint density at radius 3 is 2.38 bits per heavy atom. The van der Waals surface area contributed by atoms with E-state index in [0.717, 1.165) is 46.6 Å². The number of allylic oxidation sites excluding steroid dienone is 2. The molecule has 0 heterocycles. The van der Waals surface area contributed by atoms with Gasteiger partial charge in [-0.1, -0.05) is 37.3 Å². The van der Waals surface area contributed by atoms with Crippen molar-refractivity contribution < 1.29 is 14.3 Å². The van der Waals surface area contributed by atoms with Gasteiger partial charge in [-0.25, -0.2) is 0 Å². The predicted molar refractivity (Wildman–Crippen MR) is 105 cm³/mol. The summed E-state index contributed by atoms with van der Waals surface area (Å²) in [5.74, 6) is 2.12. The molecule has 3 nitrogen and oxygen atoms in total. The van der Waals surface area contributed by atoms with E-state index in [1.807, 2.05) is 60.7 Å². The third-order valence-corrected chi connectivity index (χ3v) is 4.62. The largest absolute Gasteiger partial charge is 0.497 e. The molecule has 134 valence electrons. The van der Waals surface area contributed by atoms with Gasteiger partial charge in [0.15, 0.2) is 5.78 Å². The highest BCUT2D eigenvalue weighted by atomic mass is 16.5. The molecule has 0 spiro atoms. The van der Waals surface area contributed by atoms with Crippen LogP contribution in [0.4, 0.5) is 0 Å². The zero-order valence-corrected chi connectivity index (χ0v) is 15.5. The summed E-state index contributed by atoms with van der Waals surface area (Å²) in [6, 6.07) is 15.6. The number of carbonyl (C=O) groups excluding carboxylic acids is 1. The molecule has 0 radical (unpaired) electrons. The first-order valence-corrected chi connectivity index (χ1v) is 8.83. The van der Waals surface area contributed by atoms with Gasteiger partial charge in [-0.2, -0.15) is 0 Å². The average Bonchev–Trinajstić information content (AvgIpc) is 2.66. The van der Waals surface area contributed by atoms with E-state index in [9.17, 15) is 4.79 Å². The number of hydrogen-bond donors (Lipinski definition) is 0. The van der Waals surface area contributed by atoms with Crippen molar-refractivity contribution in [2.45, 2.75) is 19.8 Å². The number of carbonyl (C=O) groups is 1. The molecule has 0 saturated heterocycles. The fraction of sp³-hybridized carbons (Fsp3) is 0.261. The Bertz CT molecular complexity index is 861. The summed E-state index contributed by atoms with van der Waals surface area (Å²) in [4.78, 5) is 13.0. The van der Waals surface area contributed by atoms with Gasteiger partial charge in [0.05, 0.1) is 14.2 Å². The maximum Gasteiger partial charge on any atom is 0.185 e. The summed E-state index contributed by atoms with van der Waals surface area (Å²) < 4.78 is 10.7. The standard InChI is InChI=1S/C23H24O3/c1-16-11-19(13-17-7-6-9-21(14-17)25-2)23(24)20(12-16)15-18-8-4-5-10-22(18)26-3/h4-10,13-16H,11-12H2,1-3H3/b19-13+,20-15-. The Labute approximate surface area is 155 Å². The number of rotatable bonds is 4. The number of hydrogen-bond acceptors (Lipinski definition) is 3. The average molecular weight is 348 g/mol. The number of ketones is 1. The number of ether oxygens (including phenoxy) is 2. The zero-order chi connectivity index (χ0) is 18.5. The predicted octanol–water partition coefficient (Wildman–Crippen LogP) is 5.17. The van der Waals surface area contributed by atoms with Crippen molar-refractivity contribution in [2.75, 3.05) is 14.2 Å². The lowest BCUT2D eigenvalue weighted by molar-refractivity contribution is -0.113. The van der Waals surface area contributed by atoms with E-state index in [4.69, 9.17) is 9.47 Å². The monoisotopic (exact) mass is 348 g/mol. The fourth-order valence-electron chi connectivity index (χ4n) is 3.37. The highest BCUT2D eigenvalue weighted by molar-refractivity contribution is 6.14. The van der Waals surface area contributed by atoms with Crippen LogP contribution < -0.4 is 9.47 Å². The number of benzene rings is 2. The molecule has 0 aromatic heterocycles. The molecule has 1 saturated carbocycles. The van der Waals surface area contributed by atoms with Crippen molar-refractivity contribution in [2.24, 2.45) is 5.92 Å². The minimum atomic E-state index is 0.122. The van der Waals surface area contributed by atoms with E-state index in [1.54, 1.807) is 14.2 Å². The van der Waals surface area contributed by atoms with Crippen LogP contribution in [0.3, 0.4) is 0 Å². The molecule has 0 aliphatic heterocycles. The smallest absolute Gasteiger partial charge is 0.185 e. The normalized spacial score (nSPS) is 20.4. The van der Waals surface area contributed by atoms with Crippen LogP contribution >= 0.6 is 0 Å². The first kappa shape index (κ1) is 18.0. The van der Waals surface area contributed by atoms with Gasteiger partial charge in [0.2, 0.25) is 0 Å². The van der Waals surface area contributed by atoms with Gasteiger partial charge < -0.3 is 9.47 Å². The van der Waals surface area contributed by atoms with Crippen LogP contribution in [-0.4, -0.2) is 20.0 Å². The lowest BCUT2D eigenvalue weighted by Crippen LogP contribution is -2.18. The molecule has 1 fully saturated rings. The zero-order valence-electron chi connectivity index (χ0n) is 15.5. The van der Waals surface area contributed by atoms with Crippen LogP contribution in [0.5, 0.6) is 11.5 Å². The molecule has 0 N–H and O–H groups in total. The highest BCUT2D eigenvalue weighted by Gasteiger charge is 2.25.